The van der Waals surface area contributed by atoms with Crippen molar-refractivity contribution in [3.8, 4) is 6.07 Å². The Morgan fingerprint density at radius 3 is 1.92 bits per heavy atom. The molecule has 0 atom stereocenters. The molecule has 2 aromatic carbocycles. The first kappa shape index (κ1) is 18.9. The van der Waals surface area contributed by atoms with Gasteiger partial charge in [0.25, 0.3) is 0 Å². The lowest BCUT2D eigenvalue weighted by atomic mass is 9.89. The van der Waals surface area contributed by atoms with E-state index in [2.05, 4.69) is 58.6 Å². The van der Waals surface area contributed by atoms with E-state index in [1.54, 1.807) is 0 Å². The zero-order valence-corrected chi connectivity index (χ0v) is 16.9. The molecule has 2 rings (SSSR count). The van der Waals surface area contributed by atoms with Gasteiger partial charge in [0.15, 0.2) is 0 Å². The number of hydrogen-bond donors (Lipinski definition) is 0. The van der Waals surface area contributed by atoms with Gasteiger partial charge >= 0.3 is 0 Å². The largest absolute Gasteiger partial charge is 0.299 e. The van der Waals surface area contributed by atoms with Crippen LogP contribution in [-0.4, -0.2) is 14.4 Å². The molecule has 2 aromatic rings. The normalized spacial score (nSPS) is 12.4. The second kappa shape index (κ2) is 7.21. The minimum absolute atomic E-state index is 0.626. The lowest BCUT2D eigenvalue weighted by molar-refractivity contribution is -0.104. The van der Waals surface area contributed by atoms with Crippen LogP contribution in [0, 0.1) is 32.1 Å². The van der Waals surface area contributed by atoms with Crippen LogP contribution in [0.4, 0.5) is 0 Å². The molecule has 128 valence electrons. The smallest absolute Gasteiger partial charge is 0.142 e. The third-order valence-electron chi connectivity index (χ3n) is 4.42. The summed E-state index contributed by atoms with van der Waals surface area (Å²) in [6, 6.07) is 14.0. The van der Waals surface area contributed by atoms with Crippen molar-refractivity contribution < 1.29 is 4.79 Å². The highest BCUT2D eigenvalue weighted by Crippen LogP contribution is 2.35. The second-order valence-corrected chi connectivity index (χ2v) is 12.7. The van der Waals surface area contributed by atoms with Gasteiger partial charge in [0.2, 0.25) is 0 Å². The van der Waals surface area contributed by atoms with E-state index in [4.69, 9.17) is 5.26 Å². The number of aryl methyl sites for hydroxylation is 3. The number of allylic oxidation sites excluding steroid dienone is 1. The van der Waals surface area contributed by atoms with Crippen molar-refractivity contribution in [2.24, 2.45) is 0 Å². The highest BCUT2D eigenvalue weighted by atomic mass is 28.3. The number of hydrogen-bond acceptors (Lipinski definition) is 2. The van der Waals surface area contributed by atoms with Crippen LogP contribution in [0.15, 0.2) is 41.6 Å². The van der Waals surface area contributed by atoms with Crippen molar-refractivity contribution >= 4 is 19.9 Å². The van der Waals surface area contributed by atoms with Crippen molar-refractivity contribution in [2.75, 3.05) is 0 Å². The number of benzene rings is 2. The lowest BCUT2D eigenvalue weighted by Crippen LogP contribution is -2.27. The number of carbonyl (C=O) groups is 1. The molecule has 0 amide bonds. The van der Waals surface area contributed by atoms with Crippen LogP contribution in [0.2, 0.25) is 19.6 Å². The van der Waals surface area contributed by atoms with Gasteiger partial charge in [0.1, 0.15) is 6.29 Å². The summed E-state index contributed by atoms with van der Waals surface area (Å²) in [7, 11) is -1.85. The number of rotatable bonds is 4. The van der Waals surface area contributed by atoms with Crippen molar-refractivity contribution in [1.29, 1.82) is 5.26 Å². The summed E-state index contributed by atoms with van der Waals surface area (Å²) in [6.45, 7) is 12.9. The maximum absolute atomic E-state index is 12.1. The molecule has 0 radical (unpaired) electrons. The summed E-state index contributed by atoms with van der Waals surface area (Å²) in [5, 5.41) is 9.99. The van der Waals surface area contributed by atoms with E-state index >= 15 is 0 Å². The average molecular weight is 348 g/mol. The maximum atomic E-state index is 12.1. The quantitative estimate of drug-likeness (QED) is 0.424. The molecule has 25 heavy (non-hydrogen) atoms. The fraction of sp³-hybridized carbons (Fsp3) is 0.273. The van der Waals surface area contributed by atoms with Gasteiger partial charge < -0.3 is 0 Å². The van der Waals surface area contributed by atoms with Gasteiger partial charge in [-0.15, -0.1) is 0 Å². The van der Waals surface area contributed by atoms with Gasteiger partial charge in [0, 0.05) is 0 Å². The van der Waals surface area contributed by atoms with Gasteiger partial charge in [-0.3, -0.25) is 4.79 Å². The Morgan fingerprint density at radius 1 is 1.00 bits per heavy atom. The van der Waals surface area contributed by atoms with E-state index in [0.29, 0.717) is 5.56 Å². The number of nitrogens with zero attached hydrogens (tertiary/aromatic N) is 1. The van der Waals surface area contributed by atoms with E-state index in [0.717, 1.165) is 28.2 Å². The summed E-state index contributed by atoms with van der Waals surface area (Å²) < 4.78 is 0. The van der Waals surface area contributed by atoms with Crippen molar-refractivity contribution in [2.45, 2.75) is 40.4 Å². The predicted octanol–water partition coefficient (Wildman–Crippen LogP) is 5.36. The standard InChI is InChI=1S/C22H25NOSi/c1-15-11-16(2)21(17(3)12-15)22(20(14-24)25(4,5)6)19-9-7-18(13-23)8-10-19/h7-12,14H,1-6H3/b22-20+. The first-order valence-electron chi connectivity index (χ1n) is 8.47. The molecule has 0 bridgehead atoms. The average Bonchev–Trinajstić information content (AvgIpc) is 2.52. The molecule has 0 aromatic heterocycles. The predicted molar refractivity (Wildman–Crippen MR) is 107 cm³/mol. The topological polar surface area (TPSA) is 40.9 Å². The molecule has 0 aliphatic carbocycles. The Labute approximate surface area is 151 Å². The first-order valence-corrected chi connectivity index (χ1v) is 12.0. The molecule has 3 heteroatoms. The minimum Gasteiger partial charge on any atom is -0.299 e. The Hall–Kier alpha value is -2.44. The molecule has 0 saturated heterocycles. The fourth-order valence-corrected chi connectivity index (χ4v) is 4.70. The van der Waals surface area contributed by atoms with E-state index in [-0.39, 0.29) is 0 Å². The molecule has 0 unspecified atom stereocenters. The molecule has 0 saturated carbocycles. The molecule has 0 spiro atoms. The Kier molecular flexibility index (Phi) is 5.44. The van der Waals surface area contributed by atoms with Crippen molar-refractivity contribution in [1.82, 2.24) is 0 Å². The summed E-state index contributed by atoms with van der Waals surface area (Å²) >= 11 is 0. The SMILES string of the molecule is Cc1cc(C)c(/C(=C(\C=O)[Si](C)(C)C)c2ccc(C#N)cc2)c(C)c1. The van der Waals surface area contributed by atoms with Gasteiger partial charge in [0.05, 0.1) is 19.7 Å². The van der Waals surface area contributed by atoms with E-state index < -0.39 is 8.07 Å². The van der Waals surface area contributed by atoms with Crippen LogP contribution >= 0.6 is 0 Å². The van der Waals surface area contributed by atoms with Crippen molar-refractivity contribution in [3.63, 3.8) is 0 Å². The second-order valence-electron chi connectivity index (χ2n) is 7.62. The Bertz CT molecular complexity index is 855. The van der Waals surface area contributed by atoms with Crippen LogP contribution in [0.5, 0.6) is 0 Å². The molecule has 0 heterocycles. The number of carbonyl (C=O) groups excluding carboxylic acids is 1. The summed E-state index contributed by atoms with van der Waals surface area (Å²) in [5.41, 5.74) is 7.36. The van der Waals surface area contributed by atoms with E-state index in [1.807, 2.05) is 24.3 Å². The van der Waals surface area contributed by atoms with Gasteiger partial charge in [-0.25, -0.2) is 0 Å². The lowest BCUT2D eigenvalue weighted by Gasteiger charge is -2.24. The monoisotopic (exact) mass is 347 g/mol. The summed E-state index contributed by atoms with van der Waals surface area (Å²) in [5.74, 6) is 0. The van der Waals surface area contributed by atoms with Crippen LogP contribution in [0.3, 0.4) is 0 Å². The molecule has 0 fully saturated rings. The van der Waals surface area contributed by atoms with E-state index in [9.17, 15) is 4.79 Å². The molecule has 0 aliphatic rings. The number of nitriles is 1. The summed E-state index contributed by atoms with van der Waals surface area (Å²) in [4.78, 5) is 12.1. The molecule has 0 aliphatic heterocycles. The maximum Gasteiger partial charge on any atom is 0.142 e. The Balaban J connectivity index is 2.90. The van der Waals surface area contributed by atoms with E-state index in [1.165, 1.54) is 16.7 Å². The fourth-order valence-electron chi connectivity index (χ4n) is 3.33. The van der Waals surface area contributed by atoms with Crippen LogP contribution < -0.4 is 0 Å². The Morgan fingerprint density at radius 2 is 1.52 bits per heavy atom. The third-order valence-corrected chi connectivity index (χ3v) is 6.41. The molecular weight excluding hydrogens is 322 g/mol. The highest BCUT2D eigenvalue weighted by Gasteiger charge is 2.26. The van der Waals surface area contributed by atoms with Gasteiger partial charge in [-0.1, -0.05) is 49.5 Å². The first-order chi connectivity index (χ1) is 11.7. The van der Waals surface area contributed by atoms with Gasteiger partial charge in [-0.2, -0.15) is 5.26 Å². The van der Waals surface area contributed by atoms with Crippen molar-refractivity contribution in [3.05, 3.63) is 75.0 Å². The zero-order valence-electron chi connectivity index (χ0n) is 15.9. The highest BCUT2D eigenvalue weighted by molar-refractivity contribution is 6.87. The third kappa shape index (κ3) is 3.97. The molecule has 0 N–H and O–H groups in total. The summed E-state index contributed by atoms with van der Waals surface area (Å²) in [6.07, 6.45) is 1.04. The minimum atomic E-state index is -1.85. The van der Waals surface area contributed by atoms with Crippen LogP contribution in [0.25, 0.3) is 5.57 Å². The van der Waals surface area contributed by atoms with Crippen LogP contribution in [0.1, 0.15) is 33.4 Å². The molecular formula is C22H25NOSi. The number of aldehydes is 1. The van der Waals surface area contributed by atoms with Gasteiger partial charge in [-0.05, 0) is 65.9 Å². The molecule has 2 nitrogen and oxygen atoms in total. The van der Waals surface area contributed by atoms with Crippen LogP contribution in [-0.2, 0) is 4.79 Å². The zero-order chi connectivity index (χ0) is 18.8.